The summed E-state index contributed by atoms with van der Waals surface area (Å²) in [5.74, 6) is 1.68. The van der Waals surface area contributed by atoms with Gasteiger partial charge in [0.1, 0.15) is 0 Å². The Labute approximate surface area is 206 Å². The summed E-state index contributed by atoms with van der Waals surface area (Å²) in [7, 11) is 0. The first-order chi connectivity index (χ1) is 16.6. The number of rotatable bonds is 6. The lowest BCUT2D eigenvalue weighted by Crippen LogP contribution is -2.40. The highest BCUT2D eigenvalue weighted by Gasteiger charge is 2.26. The van der Waals surface area contributed by atoms with Crippen molar-refractivity contribution in [3.63, 3.8) is 0 Å². The van der Waals surface area contributed by atoms with Crippen LogP contribution in [0.15, 0.2) is 59.2 Å². The normalized spacial score (nSPS) is 14.4. The van der Waals surface area contributed by atoms with Crippen molar-refractivity contribution >= 4 is 34.7 Å². The zero-order valence-corrected chi connectivity index (χ0v) is 20.3. The van der Waals surface area contributed by atoms with Gasteiger partial charge in [-0.3, -0.25) is 4.79 Å². The number of hydrogen-bond acceptors (Lipinski definition) is 7. The minimum absolute atomic E-state index is 0.00433. The number of anilines is 1. The number of aryl methyl sites for hydroxylation is 1. The predicted molar refractivity (Wildman–Crippen MR) is 134 cm³/mol. The van der Waals surface area contributed by atoms with Gasteiger partial charge in [0.05, 0.1) is 24.2 Å². The van der Waals surface area contributed by atoms with Crippen molar-refractivity contribution in [2.24, 2.45) is 5.92 Å². The molecule has 4 heterocycles. The highest BCUT2D eigenvalue weighted by atomic mass is 35.5. The van der Waals surface area contributed by atoms with Gasteiger partial charge in [-0.25, -0.2) is 4.98 Å². The van der Waals surface area contributed by atoms with Crippen LogP contribution in [-0.4, -0.2) is 34.2 Å². The molecule has 174 valence electrons. The number of benzene rings is 1. The van der Waals surface area contributed by atoms with Crippen LogP contribution in [0.25, 0.3) is 22.0 Å². The molecule has 0 atom stereocenters. The first-order valence-corrected chi connectivity index (χ1v) is 12.4. The van der Waals surface area contributed by atoms with Crippen LogP contribution in [-0.2, 0) is 11.3 Å². The molecule has 0 unspecified atom stereocenters. The molecule has 1 N–H and O–H groups in total. The lowest BCUT2D eigenvalue weighted by Gasteiger charge is -2.31. The molecule has 1 aliphatic rings. The van der Waals surface area contributed by atoms with Crippen LogP contribution in [0, 0.1) is 12.8 Å². The Morgan fingerprint density at radius 3 is 2.62 bits per heavy atom. The van der Waals surface area contributed by atoms with Gasteiger partial charge < -0.3 is 14.6 Å². The molecule has 9 heteroatoms. The van der Waals surface area contributed by atoms with Gasteiger partial charge in [0.2, 0.25) is 5.91 Å². The van der Waals surface area contributed by atoms with Gasteiger partial charge in [0, 0.05) is 34.5 Å². The third-order valence-corrected chi connectivity index (χ3v) is 7.45. The highest BCUT2D eigenvalue weighted by molar-refractivity contribution is 7.15. The van der Waals surface area contributed by atoms with Crippen LogP contribution >= 0.6 is 22.9 Å². The Kier molecular flexibility index (Phi) is 6.60. The number of halogens is 1. The van der Waals surface area contributed by atoms with Gasteiger partial charge in [-0.1, -0.05) is 23.7 Å². The van der Waals surface area contributed by atoms with Crippen LogP contribution in [0.3, 0.4) is 0 Å². The van der Waals surface area contributed by atoms with Crippen LogP contribution in [0.4, 0.5) is 5.82 Å². The van der Waals surface area contributed by atoms with E-state index in [9.17, 15) is 4.79 Å². The average Bonchev–Trinajstić information content (AvgIpc) is 3.53. The number of nitrogens with one attached hydrogen (secondary N) is 1. The van der Waals surface area contributed by atoms with E-state index >= 15 is 0 Å². The van der Waals surface area contributed by atoms with Crippen molar-refractivity contribution in [1.29, 1.82) is 0 Å². The van der Waals surface area contributed by atoms with E-state index in [0.717, 1.165) is 64.3 Å². The maximum absolute atomic E-state index is 12.8. The molecule has 0 spiro atoms. The van der Waals surface area contributed by atoms with E-state index in [1.807, 2.05) is 55.5 Å². The molecule has 0 saturated carbocycles. The molecule has 1 saturated heterocycles. The van der Waals surface area contributed by atoms with Crippen molar-refractivity contribution in [3.05, 3.63) is 70.4 Å². The first kappa shape index (κ1) is 22.6. The average molecular weight is 494 g/mol. The summed E-state index contributed by atoms with van der Waals surface area (Å²) >= 11 is 7.52. The molecule has 7 nitrogen and oxygen atoms in total. The number of hydrogen-bond donors (Lipinski definition) is 1. The molecular formula is C25H24ClN5O2S. The minimum Gasteiger partial charge on any atom is -0.462 e. The van der Waals surface area contributed by atoms with Crippen LogP contribution in [0.2, 0.25) is 5.02 Å². The van der Waals surface area contributed by atoms with E-state index in [2.05, 4.69) is 25.4 Å². The zero-order valence-electron chi connectivity index (χ0n) is 18.7. The fourth-order valence-electron chi connectivity index (χ4n) is 4.05. The second-order valence-electron chi connectivity index (χ2n) is 8.27. The molecule has 34 heavy (non-hydrogen) atoms. The molecule has 1 fully saturated rings. The number of amides is 1. The summed E-state index contributed by atoms with van der Waals surface area (Å²) in [6.45, 7) is 3.99. The maximum Gasteiger partial charge on any atom is 0.223 e. The largest absolute Gasteiger partial charge is 0.462 e. The van der Waals surface area contributed by atoms with Crippen LogP contribution in [0.5, 0.6) is 0 Å². The minimum atomic E-state index is -0.00433. The quantitative estimate of drug-likeness (QED) is 0.389. The lowest BCUT2D eigenvalue weighted by molar-refractivity contribution is -0.125. The number of thiazole rings is 1. The predicted octanol–water partition coefficient (Wildman–Crippen LogP) is 5.35. The van der Waals surface area contributed by atoms with E-state index in [1.54, 1.807) is 17.6 Å². The monoisotopic (exact) mass is 493 g/mol. The van der Waals surface area contributed by atoms with Crippen molar-refractivity contribution in [2.75, 3.05) is 18.0 Å². The van der Waals surface area contributed by atoms with Crippen LogP contribution < -0.4 is 10.2 Å². The molecule has 0 bridgehead atoms. The molecule has 1 amide bonds. The molecule has 3 aromatic heterocycles. The summed E-state index contributed by atoms with van der Waals surface area (Å²) in [5, 5.41) is 13.4. The lowest BCUT2D eigenvalue weighted by atomic mass is 9.96. The Balaban J connectivity index is 1.13. The third kappa shape index (κ3) is 4.98. The fraction of sp³-hybridized carbons (Fsp3) is 0.280. The van der Waals surface area contributed by atoms with Gasteiger partial charge in [0.25, 0.3) is 0 Å². The number of nitrogens with zero attached hydrogens (tertiary/aromatic N) is 4. The Bertz CT molecular complexity index is 1250. The van der Waals surface area contributed by atoms with E-state index in [0.29, 0.717) is 11.6 Å². The van der Waals surface area contributed by atoms with E-state index in [-0.39, 0.29) is 11.8 Å². The van der Waals surface area contributed by atoms with E-state index < -0.39 is 0 Å². The number of carbonyl (C=O) groups is 1. The molecule has 1 aromatic carbocycles. The first-order valence-electron chi connectivity index (χ1n) is 11.2. The Hall–Kier alpha value is -3.23. The molecule has 1 aliphatic heterocycles. The summed E-state index contributed by atoms with van der Waals surface area (Å²) in [6, 6.07) is 15.2. The second kappa shape index (κ2) is 9.95. The summed E-state index contributed by atoms with van der Waals surface area (Å²) in [4.78, 5) is 20.6. The summed E-state index contributed by atoms with van der Waals surface area (Å²) < 4.78 is 5.43. The van der Waals surface area contributed by atoms with E-state index in [4.69, 9.17) is 16.0 Å². The van der Waals surface area contributed by atoms with Crippen molar-refractivity contribution in [3.8, 4) is 22.0 Å². The number of piperidine rings is 1. The molecule has 0 aliphatic carbocycles. The van der Waals surface area contributed by atoms with Gasteiger partial charge in [0.15, 0.2) is 16.6 Å². The number of carbonyl (C=O) groups excluding carboxylic acids is 1. The van der Waals surface area contributed by atoms with E-state index in [1.165, 1.54) is 0 Å². The van der Waals surface area contributed by atoms with Gasteiger partial charge in [-0.15, -0.1) is 21.5 Å². The van der Waals surface area contributed by atoms with Crippen molar-refractivity contribution in [2.45, 2.75) is 26.3 Å². The van der Waals surface area contributed by atoms with Gasteiger partial charge in [-0.05, 0) is 56.2 Å². The topological polar surface area (TPSA) is 84.2 Å². The fourth-order valence-corrected chi connectivity index (χ4v) is 5.15. The zero-order chi connectivity index (χ0) is 23.5. The van der Waals surface area contributed by atoms with Gasteiger partial charge >= 0.3 is 0 Å². The SMILES string of the molecule is Cc1nc(-c2ccco2)sc1CNC(=O)C1CCN(c2ccc(-c3ccc(Cl)cc3)nn2)CC1. The molecule has 4 aromatic rings. The summed E-state index contributed by atoms with van der Waals surface area (Å²) in [6.07, 6.45) is 3.21. The second-order valence-corrected chi connectivity index (χ2v) is 9.79. The number of furan rings is 1. The summed E-state index contributed by atoms with van der Waals surface area (Å²) in [5.41, 5.74) is 2.71. The Morgan fingerprint density at radius 1 is 1.15 bits per heavy atom. The van der Waals surface area contributed by atoms with Crippen LogP contribution in [0.1, 0.15) is 23.4 Å². The molecule has 0 radical (unpaired) electrons. The smallest absolute Gasteiger partial charge is 0.223 e. The number of aromatic nitrogens is 3. The van der Waals surface area contributed by atoms with Crippen molar-refractivity contribution in [1.82, 2.24) is 20.5 Å². The maximum atomic E-state index is 12.8. The standard InChI is InChI=1S/C25H24ClN5O2S/c1-16-22(34-25(28-16)21-3-2-14-33-21)15-27-24(32)18-10-12-31(13-11-18)23-9-8-20(29-30-23)17-4-6-19(26)7-5-17/h2-9,14,18H,10-13,15H2,1H3,(H,27,32). The van der Waals surface area contributed by atoms with Gasteiger partial charge in [-0.2, -0.15) is 0 Å². The third-order valence-electron chi connectivity index (χ3n) is 6.03. The van der Waals surface area contributed by atoms with Crippen molar-refractivity contribution < 1.29 is 9.21 Å². The molecular weight excluding hydrogens is 470 g/mol. The Morgan fingerprint density at radius 2 is 1.94 bits per heavy atom. The molecule has 5 rings (SSSR count). The highest BCUT2D eigenvalue weighted by Crippen LogP contribution is 2.29.